The van der Waals surface area contributed by atoms with Gasteiger partial charge in [-0.1, -0.05) is 6.07 Å². The third-order valence-electron chi connectivity index (χ3n) is 4.28. The number of nitrogens with one attached hydrogen (secondary N) is 2. The molecule has 1 fully saturated rings. The van der Waals surface area contributed by atoms with Crippen molar-refractivity contribution in [3.63, 3.8) is 0 Å². The van der Waals surface area contributed by atoms with Crippen LogP contribution >= 0.6 is 24.0 Å². The molecule has 0 aliphatic carbocycles. The first kappa shape index (κ1) is 24.8. The van der Waals surface area contributed by atoms with E-state index in [1.165, 1.54) is 18.2 Å². The predicted molar refractivity (Wildman–Crippen MR) is 119 cm³/mol. The zero-order valence-corrected chi connectivity index (χ0v) is 18.9. The van der Waals surface area contributed by atoms with Crippen molar-refractivity contribution in [3.8, 4) is 0 Å². The summed E-state index contributed by atoms with van der Waals surface area (Å²) in [6.07, 6.45) is 1.61. The minimum absolute atomic E-state index is 0. The van der Waals surface area contributed by atoms with E-state index in [9.17, 15) is 8.78 Å². The zero-order chi connectivity index (χ0) is 19.5. The first-order valence-electron chi connectivity index (χ1n) is 9.46. The molecule has 0 spiro atoms. The van der Waals surface area contributed by atoms with Gasteiger partial charge in [-0.3, -0.25) is 4.99 Å². The van der Waals surface area contributed by atoms with Crippen LogP contribution < -0.4 is 15.5 Å². The molecule has 0 amide bonds. The number of benzene rings is 1. The molecule has 1 aliphatic heterocycles. The van der Waals surface area contributed by atoms with Gasteiger partial charge in [0.25, 0.3) is 0 Å². The second-order valence-electron chi connectivity index (χ2n) is 6.37. The van der Waals surface area contributed by atoms with Gasteiger partial charge >= 0.3 is 0 Å². The summed E-state index contributed by atoms with van der Waals surface area (Å²) >= 11 is 0. The Morgan fingerprint density at radius 3 is 2.68 bits per heavy atom. The van der Waals surface area contributed by atoms with E-state index in [-0.39, 0.29) is 35.7 Å². The first-order chi connectivity index (χ1) is 13.2. The molecule has 2 N–H and O–H groups in total. The predicted octanol–water partition coefficient (Wildman–Crippen LogP) is 2.77. The molecule has 0 bridgehead atoms. The molecule has 1 saturated heterocycles. The normalized spacial score (nSPS) is 16.8. The summed E-state index contributed by atoms with van der Waals surface area (Å²) in [5.41, 5.74) is 0.0527. The van der Waals surface area contributed by atoms with Crippen molar-refractivity contribution < 1.29 is 18.3 Å². The molecule has 0 saturated carbocycles. The van der Waals surface area contributed by atoms with E-state index in [1.54, 1.807) is 12.0 Å². The largest absolute Gasteiger partial charge is 0.382 e. The SMILES string of the molecule is CCNC(=NCCCOCCOC)NC1CCN(c2c(F)cccc2F)C1.I. The minimum atomic E-state index is -0.523. The monoisotopic (exact) mass is 512 g/mol. The van der Waals surface area contributed by atoms with Gasteiger partial charge in [-0.15, -0.1) is 24.0 Å². The number of halogens is 3. The van der Waals surface area contributed by atoms with Crippen molar-refractivity contribution in [2.24, 2.45) is 4.99 Å². The zero-order valence-electron chi connectivity index (χ0n) is 16.5. The lowest BCUT2D eigenvalue weighted by Crippen LogP contribution is -2.44. The van der Waals surface area contributed by atoms with Crippen molar-refractivity contribution in [2.75, 3.05) is 58.0 Å². The number of hydrogen-bond acceptors (Lipinski definition) is 4. The maximum absolute atomic E-state index is 14.0. The summed E-state index contributed by atoms with van der Waals surface area (Å²) in [6.45, 7) is 6.33. The molecular weight excluding hydrogens is 481 g/mol. The fourth-order valence-corrected chi connectivity index (χ4v) is 2.99. The number of para-hydroxylation sites is 1. The van der Waals surface area contributed by atoms with Crippen LogP contribution in [0.2, 0.25) is 0 Å². The van der Waals surface area contributed by atoms with E-state index < -0.39 is 11.6 Å². The number of rotatable bonds is 10. The van der Waals surface area contributed by atoms with E-state index in [0.29, 0.717) is 39.5 Å². The highest BCUT2D eigenvalue weighted by Crippen LogP contribution is 2.26. The van der Waals surface area contributed by atoms with Crippen LogP contribution in [-0.4, -0.2) is 65.1 Å². The van der Waals surface area contributed by atoms with Gasteiger partial charge in [0.15, 0.2) is 5.96 Å². The van der Waals surface area contributed by atoms with Crippen LogP contribution in [0.4, 0.5) is 14.5 Å². The van der Waals surface area contributed by atoms with Gasteiger partial charge in [-0.2, -0.15) is 0 Å². The molecule has 1 unspecified atom stereocenters. The van der Waals surface area contributed by atoms with Crippen LogP contribution in [0.1, 0.15) is 19.8 Å². The lowest BCUT2D eigenvalue weighted by Gasteiger charge is -2.21. The van der Waals surface area contributed by atoms with E-state index in [2.05, 4.69) is 15.6 Å². The summed E-state index contributed by atoms with van der Waals surface area (Å²) in [5.74, 6) is -0.329. The fourth-order valence-electron chi connectivity index (χ4n) is 2.99. The van der Waals surface area contributed by atoms with Crippen LogP contribution in [0.15, 0.2) is 23.2 Å². The average molecular weight is 512 g/mol. The Labute approximate surface area is 183 Å². The highest BCUT2D eigenvalue weighted by Gasteiger charge is 2.27. The lowest BCUT2D eigenvalue weighted by atomic mass is 10.2. The quantitative estimate of drug-likeness (QED) is 0.219. The van der Waals surface area contributed by atoms with Gasteiger partial charge in [0, 0.05) is 45.9 Å². The molecule has 1 heterocycles. The summed E-state index contributed by atoms with van der Waals surface area (Å²) in [5, 5.41) is 6.57. The summed E-state index contributed by atoms with van der Waals surface area (Å²) in [6, 6.07) is 4.05. The maximum atomic E-state index is 14.0. The summed E-state index contributed by atoms with van der Waals surface area (Å²) in [7, 11) is 1.65. The van der Waals surface area contributed by atoms with E-state index >= 15 is 0 Å². The number of anilines is 1. The fraction of sp³-hybridized carbons (Fsp3) is 0.632. The van der Waals surface area contributed by atoms with Crippen molar-refractivity contribution in [1.29, 1.82) is 0 Å². The Balaban J connectivity index is 0.00000392. The Morgan fingerprint density at radius 1 is 1.25 bits per heavy atom. The Hall–Kier alpha value is -1.20. The molecule has 1 aromatic carbocycles. The van der Waals surface area contributed by atoms with E-state index in [1.807, 2.05) is 6.92 Å². The average Bonchev–Trinajstić information content (AvgIpc) is 3.09. The molecule has 2 rings (SSSR count). The summed E-state index contributed by atoms with van der Waals surface area (Å²) in [4.78, 5) is 6.29. The van der Waals surface area contributed by atoms with Crippen LogP contribution in [0.3, 0.4) is 0 Å². The molecule has 6 nitrogen and oxygen atoms in total. The minimum Gasteiger partial charge on any atom is -0.382 e. The molecule has 9 heteroatoms. The highest BCUT2D eigenvalue weighted by atomic mass is 127. The second-order valence-corrected chi connectivity index (χ2v) is 6.37. The number of guanidine groups is 1. The van der Waals surface area contributed by atoms with Gasteiger partial charge in [-0.05, 0) is 31.9 Å². The Bertz CT molecular complexity index is 587. The summed E-state index contributed by atoms with van der Waals surface area (Å²) < 4.78 is 38.3. The molecule has 28 heavy (non-hydrogen) atoms. The van der Waals surface area contributed by atoms with Gasteiger partial charge in [0.2, 0.25) is 0 Å². The Kier molecular flexibility index (Phi) is 12.3. The number of nitrogens with zero attached hydrogens (tertiary/aromatic N) is 2. The van der Waals surface area contributed by atoms with Crippen molar-refractivity contribution >= 4 is 35.6 Å². The second kappa shape index (κ2) is 13.9. The smallest absolute Gasteiger partial charge is 0.191 e. The maximum Gasteiger partial charge on any atom is 0.191 e. The molecule has 1 aromatic rings. The molecule has 1 atom stereocenters. The van der Waals surface area contributed by atoms with Crippen LogP contribution in [0.25, 0.3) is 0 Å². The third kappa shape index (κ3) is 8.04. The highest BCUT2D eigenvalue weighted by molar-refractivity contribution is 14.0. The number of methoxy groups -OCH3 is 1. The van der Waals surface area contributed by atoms with E-state index in [4.69, 9.17) is 9.47 Å². The van der Waals surface area contributed by atoms with Gasteiger partial charge in [0.05, 0.1) is 13.2 Å². The molecule has 1 aliphatic rings. The van der Waals surface area contributed by atoms with Crippen molar-refractivity contribution in [1.82, 2.24) is 10.6 Å². The third-order valence-corrected chi connectivity index (χ3v) is 4.28. The molecule has 0 radical (unpaired) electrons. The van der Waals surface area contributed by atoms with Crippen LogP contribution in [0, 0.1) is 11.6 Å². The van der Waals surface area contributed by atoms with Gasteiger partial charge in [-0.25, -0.2) is 8.78 Å². The lowest BCUT2D eigenvalue weighted by molar-refractivity contribution is 0.0702. The van der Waals surface area contributed by atoms with Crippen molar-refractivity contribution in [2.45, 2.75) is 25.8 Å². The van der Waals surface area contributed by atoms with E-state index in [0.717, 1.165) is 25.3 Å². The first-order valence-corrected chi connectivity index (χ1v) is 9.46. The molecule has 0 aromatic heterocycles. The number of aliphatic imine (C=N–C) groups is 1. The standard InChI is InChI=1S/C19H30F2N4O2.HI/c1-3-22-19(23-9-5-11-27-13-12-26-2)24-15-8-10-25(14-15)18-16(20)6-4-7-17(18)21;/h4,6-7,15H,3,5,8-14H2,1-2H3,(H2,22,23,24);1H. The Morgan fingerprint density at radius 2 is 2.00 bits per heavy atom. The topological polar surface area (TPSA) is 58.1 Å². The van der Waals surface area contributed by atoms with Crippen molar-refractivity contribution in [3.05, 3.63) is 29.8 Å². The molecular formula is C19H31F2IN4O2. The van der Waals surface area contributed by atoms with Crippen LogP contribution in [0.5, 0.6) is 0 Å². The number of hydrogen-bond donors (Lipinski definition) is 2. The number of ether oxygens (including phenoxy) is 2. The molecule has 160 valence electrons. The van der Waals surface area contributed by atoms with Crippen LogP contribution in [-0.2, 0) is 9.47 Å². The van der Waals surface area contributed by atoms with Gasteiger partial charge in [0.1, 0.15) is 17.3 Å². The van der Waals surface area contributed by atoms with Gasteiger partial charge < -0.3 is 25.0 Å².